The zero-order valence-corrected chi connectivity index (χ0v) is 9.71. The molecule has 1 unspecified atom stereocenters. The molecule has 4 heteroatoms. The maximum absolute atomic E-state index is 12.9. The van der Waals surface area contributed by atoms with Gasteiger partial charge in [0, 0.05) is 5.69 Å². The molecule has 0 aromatic heterocycles. The molecular weight excluding hydrogens is 209 g/mol. The number of halogens is 1. The number of anilines is 1. The lowest BCUT2D eigenvalue weighted by Crippen LogP contribution is -2.30. The van der Waals surface area contributed by atoms with Crippen LogP contribution < -0.4 is 5.32 Å². The molecule has 0 aliphatic rings. The highest BCUT2D eigenvalue weighted by Crippen LogP contribution is 2.17. The molecule has 0 fully saturated rings. The first-order chi connectivity index (χ1) is 7.58. The molecule has 3 nitrogen and oxygen atoms in total. The predicted molar refractivity (Wildman–Crippen MR) is 60.9 cm³/mol. The third kappa shape index (κ3) is 2.95. The fourth-order valence-corrected chi connectivity index (χ4v) is 1.45. The number of methoxy groups -OCH3 is 1. The largest absolute Gasteiger partial charge is 0.467 e. The maximum atomic E-state index is 12.9. The zero-order valence-electron chi connectivity index (χ0n) is 9.71. The Labute approximate surface area is 94.6 Å². The van der Waals surface area contributed by atoms with Crippen molar-refractivity contribution >= 4 is 11.7 Å². The van der Waals surface area contributed by atoms with E-state index in [0.29, 0.717) is 6.42 Å². The molecule has 1 rings (SSSR count). The number of carbonyl (C=O) groups is 1. The summed E-state index contributed by atoms with van der Waals surface area (Å²) in [4.78, 5) is 11.4. The first kappa shape index (κ1) is 12.5. The van der Waals surface area contributed by atoms with Crippen molar-refractivity contribution in [2.75, 3.05) is 12.4 Å². The van der Waals surface area contributed by atoms with Gasteiger partial charge in [-0.2, -0.15) is 0 Å². The molecule has 1 atom stereocenters. The minimum Gasteiger partial charge on any atom is -0.467 e. The zero-order chi connectivity index (χ0) is 12.1. The summed E-state index contributed by atoms with van der Waals surface area (Å²) in [5, 5.41) is 3.03. The van der Waals surface area contributed by atoms with Gasteiger partial charge in [-0.1, -0.05) is 6.92 Å². The number of hydrogen-bond donors (Lipinski definition) is 1. The second kappa shape index (κ2) is 5.49. The fraction of sp³-hybridized carbons (Fsp3) is 0.417. The van der Waals surface area contributed by atoms with Crippen LogP contribution in [0.3, 0.4) is 0 Å². The molecule has 1 N–H and O–H groups in total. The van der Waals surface area contributed by atoms with Gasteiger partial charge in [-0.05, 0) is 37.1 Å². The van der Waals surface area contributed by atoms with Crippen LogP contribution in [-0.2, 0) is 9.53 Å². The standard InChI is InChI=1S/C12H16FNO2/c1-4-10(12(15)16-3)14-11-6-5-9(13)7-8(11)2/h5-7,10,14H,4H2,1-3H3. The topological polar surface area (TPSA) is 38.3 Å². The van der Waals surface area contributed by atoms with E-state index in [9.17, 15) is 9.18 Å². The Bertz CT molecular complexity index is 379. The Balaban J connectivity index is 2.82. The molecule has 0 spiro atoms. The van der Waals surface area contributed by atoms with E-state index < -0.39 is 6.04 Å². The molecule has 16 heavy (non-hydrogen) atoms. The second-order valence-electron chi connectivity index (χ2n) is 3.59. The summed E-state index contributed by atoms with van der Waals surface area (Å²) in [6.07, 6.45) is 0.615. The lowest BCUT2D eigenvalue weighted by Gasteiger charge is -2.17. The van der Waals surface area contributed by atoms with Crippen LogP contribution in [0.4, 0.5) is 10.1 Å². The van der Waals surface area contributed by atoms with Crippen LogP contribution >= 0.6 is 0 Å². The number of aryl methyl sites for hydroxylation is 1. The Kier molecular flexibility index (Phi) is 4.28. The van der Waals surface area contributed by atoms with E-state index in [0.717, 1.165) is 11.3 Å². The number of esters is 1. The van der Waals surface area contributed by atoms with Crippen LogP contribution in [0, 0.1) is 12.7 Å². The average molecular weight is 225 g/mol. The van der Waals surface area contributed by atoms with Gasteiger partial charge in [-0.25, -0.2) is 9.18 Å². The maximum Gasteiger partial charge on any atom is 0.328 e. The molecule has 0 aliphatic heterocycles. The van der Waals surface area contributed by atoms with E-state index in [2.05, 4.69) is 10.1 Å². The molecule has 0 heterocycles. The van der Waals surface area contributed by atoms with E-state index in [-0.39, 0.29) is 11.8 Å². The Hall–Kier alpha value is -1.58. The van der Waals surface area contributed by atoms with E-state index in [4.69, 9.17) is 0 Å². The van der Waals surface area contributed by atoms with Crippen molar-refractivity contribution in [1.82, 2.24) is 0 Å². The highest BCUT2D eigenvalue weighted by molar-refractivity contribution is 5.79. The van der Waals surface area contributed by atoms with Crippen molar-refractivity contribution in [3.05, 3.63) is 29.6 Å². The monoisotopic (exact) mass is 225 g/mol. The molecule has 0 saturated carbocycles. The van der Waals surface area contributed by atoms with Gasteiger partial charge >= 0.3 is 5.97 Å². The number of rotatable bonds is 4. The minimum absolute atomic E-state index is 0.283. The van der Waals surface area contributed by atoms with Crippen LogP contribution in [0.5, 0.6) is 0 Å². The van der Waals surface area contributed by atoms with Gasteiger partial charge in [0.1, 0.15) is 11.9 Å². The van der Waals surface area contributed by atoms with Crippen LogP contribution in [0.2, 0.25) is 0 Å². The van der Waals surface area contributed by atoms with Crippen molar-refractivity contribution in [2.24, 2.45) is 0 Å². The molecule has 0 saturated heterocycles. The molecule has 0 radical (unpaired) electrons. The second-order valence-corrected chi connectivity index (χ2v) is 3.59. The Morgan fingerprint density at radius 2 is 2.25 bits per heavy atom. The summed E-state index contributed by atoms with van der Waals surface area (Å²) in [7, 11) is 1.35. The van der Waals surface area contributed by atoms with E-state index in [1.54, 1.807) is 13.0 Å². The highest BCUT2D eigenvalue weighted by atomic mass is 19.1. The van der Waals surface area contributed by atoms with Gasteiger partial charge in [0.05, 0.1) is 7.11 Å². The summed E-state index contributed by atoms with van der Waals surface area (Å²) in [6, 6.07) is 4.01. The third-order valence-corrected chi connectivity index (χ3v) is 2.41. The SMILES string of the molecule is CCC(Nc1ccc(F)cc1C)C(=O)OC. The lowest BCUT2D eigenvalue weighted by molar-refractivity contribution is -0.141. The van der Waals surface area contributed by atoms with Gasteiger partial charge < -0.3 is 10.1 Å². The molecule has 0 aliphatic carbocycles. The number of hydrogen-bond acceptors (Lipinski definition) is 3. The molecule has 1 aromatic rings. The molecule has 0 amide bonds. The summed E-state index contributed by atoms with van der Waals surface area (Å²) >= 11 is 0. The number of benzene rings is 1. The van der Waals surface area contributed by atoms with Gasteiger partial charge in [-0.15, -0.1) is 0 Å². The van der Waals surface area contributed by atoms with Crippen molar-refractivity contribution in [3.8, 4) is 0 Å². The van der Waals surface area contributed by atoms with Crippen molar-refractivity contribution in [2.45, 2.75) is 26.3 Å². The Morgan fingerprint density at radius 3 is 2.75 bits per heavy atom. The van der Waals surface area contributed by atoms with Crippen LogP contribution in [-0.4, -0.2) is 19.1 Å². The molecule has 88 valence electrons. The minimum atomic E-state index is -0.394. The molecule has 1 aromatic carbocycles. The first-order valence-corrected chi connectivity index (χ1v) is 5.19. The van der Waals surface area contributed by atoms with Crippen molar-refractivity contribution in [3.63, 3.8) is 0 Å². The number of nitrogens with one attached hydrogen (secondary N) is 1. The normalized spacial score (nSPS) is 12.0. The van der Waals surface area contributed by atoms with Gasteiger partial charge in [0.2, 0.25) is 0 Å². The number of carbonyl (C=O) groups excluding carboxylic acids is 1. The lowest BCUT2D eigenvalue weighted by atomic mass is 10.1. The van der Waals surface area contributed by atoms with E-state index in [1.165, 1.54) is 19.2 Å². The first-order valence-electron chi connectivity index (χ1n) is 5.19. The predicted octanol–water partition coefficient (Wildman–Crippen LogP) is 2.50. The van der Waals surface area contributed by atoms with E-state index >= 15 is 0 Å². The molecular formula is C12H16FNO2. The summed E-state index contributed by atoms with van der Waals surface area (Å²) in [6.45, 7) is 3.67. The van der Waals surface area contributed by atoms with Crippen molar-refractivity contribution in [1.29, 1.82) is 0 Å². The third-order valence-electron chi connectivity index (χ3n) is 2.41. The van der Waals surface area contributed by atoms with Gasteiger partial charge in [0.25, 0.3) is 0 Å². The Morgan fingerprint density at radius 1 is 1.56 bits per heavy atom. The van der Waals surface area contributed by atoms with Crippen molar-refractivity contribution < 1.29 is 13.9 Å². The smallest absolute Gasteiger partial charge is 0.328 e. The highest BCUT2D eigenvalue weighted by Gasteiger charge is 2.17. The van der Waals surface area contributed by atoms with Gasteiger partial charge in [-0.3, -0.25) is 0 Å². The van der Waals surface area contributed by atoms with E-state index in [1.807, 2.05) is 6.92 Å². The summed E-state index contributed by atoms with van der Waals surface area (Å²) in [5.41, 5.74) is 1.51. The van der Waals surface area contributed by atoms with Crippen LogP contribution in [0.25, 0.3) is 0 Å². The number of ether oxygens (including phenoxy) is 1. The van der Waals surface area contributed by atoms with Gasteiger partial charge in [0.15, 0.2) is 0 Å². The average Bonchev–Trinajstić information content (AvgIpc) is 2.27. The quantitative estimate of drug-likeness (QED) is 0.800. The summed E-state index contributed by atoms with van der Waals surface area (Å²) in [5.74, 6) is -0.597. The van der Waals surface area contributed by atoms with Crippen LogP contribution in [0.15, 0.2) is 18.2 Å². The van der Waals surface area contributed by atoms with Crippen LogP contribution in [0.1, 0.15) is 18.9 Å². The summed E-state index contributed by atoms with van der Waals surface area (Å²) < 4.78 is 17.5. The fourth-order valence-electron chi connectivity index (χ4n) is 1.45. The molecule has 0 bridgehead atoms.